The average molecular weight is 425 g/mol. The lowest BCUT2D eigenvalue weighted by Gasteiger charge is -2.40. The van der Waals surface area contributed by atoms with E-state index in [0.29, 0.717) is 16.5 Å². The molecule has 3 aliphatic heterocycles. The number of hydrogen-bond acceptors (Lipinski definition) is 4. The van der Waals surface area contributed by atoms with Gasteiger partial charge < -0.3 is 4.74 Å². The molecule has 0 aromatic carbocycles. The number of carbonyl (C=O) groups is 2. The van der Waals surface area contributed by atoms with E-state index in [-0.39, 0.29) is 18.4 Å². The summed E-state index contributed by atoms with van der Waals surface area (Å²) in [5.41, 5.74) is 0. The molecule has 0 unspecified atom stereocenters. The van der Waals surface area contributed by atoms with Gasteiger partial charge in [-0.2, -0.15) is 5.06 Å². The van der Waals surface area contributed by atoms with Crippen LogP contribution in [0.2, 0.25) is 0 Å². The number of rotatable bonds is 3. The van der Waals surface area contributed by atoms with E-state index in [2.05, 4.69) is 6.58 Å². The maximum Gasteiger partial charge on any atom is 0.260 e. The summed E-state index contributed by atoms with van der Waals surface area (Å²) in [7, 11) is 0. The van der Waals surface area contributed by atoms with Crippen LogP contribution in [-0.2, 0) is 19.2 Å². The third-order valence-electron chi connectivity index (χ3n) is 6.29. The molecule has 8 atom stereocenters. The van der Waals surface area contributed by atoms with Crippen LogP contribution in [0.25, 0.3) is 0 Å². The van der Waals surface area contributed by atoms with Crippen LogP contribution in [0.4, 0.5) is 0 Å². The Kier molecular flexibility index (Phi) is 3.33. The van der Waals surface area contributed by atoms with Gasteiger partial charge in [0, 0.05) is 11.8 Å². The fraction of sp³-hybridized carbons (Fsp3) is 0.625. The highest BCUT2D eigenvalue weighted by Gasteiger charge is 2.82. The average Bonchev–Trinajstić information content (AvgIpc) is 3.29. The zero-order chi connectivity index (χ0) is 17.9. The number of fused-ring (bicyclic) bond motifs is 12. The van der Waals surface area contributed by atoms with Gasteiger partial charge in [0.25, 0.3) is 11.8 Å². The minimum absolute atomic E-state index is 0.0675. The molecule has 4 bridgehead atoms. The fourth-order valence-corrected chi connectivity index (χ4v) is 7.54. The molecular formula is C16H13Cl4NO4. The normalized spacial score (nSPS) is 52.4. The lowest BCUT2D eigenvalue weighted by Crippen LogP contribution is -2.50. The van der Waals surface area contributed by atoms with Gasteiger partial charge in [0.2, 0.25) is 0 Å². The second-order valence-corrected chi connectivity index (χ2v) is 9.36. The van der Waals surface area contributed by atoms with Gasteiger partial charge in [-0.25, -0.2) is 0 Å². The summed E-state index contributed by atoms with van der Waals surface area (Å²) in [4.78, 5) is 28.8. The number of alkyl halides is 2. The molecule has 0 aromatic heterocycles. The van der Waals surface area contributed by atoms with Crippen LogP contribution in [-0.4, -0.2) is 45.4 Å². The SMILES string of the molecule is C=CCON1C(=O)[C@H]2[C@@H]3O[C@@H]([C@@H]2C1=O)[C@@H]1[C@@H]3[C@@]2(Cl)C[C@@]1(Cl)C(Cl)=C2Cl. The van der Waals surface area contributed by atoms with Crippen molar-refractivity contribution in [2.45, 2.75) is 28.4 Å². The molecule has 1 saturated carbocycles. The molecule has 3 heterocycles. The van der Waals surface area contributed by atoms with E-state index in [1.165, 1.54) is 6.08 Å². The van der Waals surface area contributed by atoms with E-state index in [1.54, 1.807) is 0 Å². The molecule has 0 N–H and O–H groups in total. The zero-order valence-electron chi connectivity index (χ0n) is 12.8. The van der Waals surface area contributed by atoms with Crippen LogP contribution < -0.4 is 0 Å². The molecule has 2 aliphatic carbocycles. The summed E-state index contributed by atoms with van der Waals surface area (Å²) in [5.74, 6) is -2.57. The third-order valence-corrected chi connectivity index (χ3v) is 8.78. The van der Waals surface area contributed by atoms with Crippen LogP contribution >= 0.6 is 46.4 Å². The molecule has 25 heavy (non-hydrogen) atoms. The number of ether oxygens (including phenoxy) is 1. The molecule has 0 aromatic rings. The number of halogens is 4. The van der Waals surface area contributed by atoms with Gasteiger partial charge in [-0.15, -0.1) is 29.8 Å². The molecule has 5 aliphatic rings. The van der Waals surface area contributed by atoms with Gasteiger partial charge in [-0.1, -0.05) is 29.3 Å². The first kappa shape index (κ1) is 16.8. The summed E-state index contributed by atoms with van der Waals surface area (Å²) in [6.07, 6.45) is 0.806. The van der Waals surface area contributed by atoms with E-state index in [9.17, 15) is 9.59 Å². The largest absolute Gasteiger partial charge is 0.373 e. The van der Waals surface area contributed by atoms with Crippen molar-refractivity contribution in [1.29, 1.82) is 0 Å². The van der Waals surface area contributed by atoms with Crippen LogP contribution in [0.5, 0.6) is 0 Å². The Labute approximate surface area is 163 Å². The molecule has 5 nitrogen and oxygen atoms in total. The molecule has 5 rings (SSSR count). The minimum Gasteiger partial charge on any atom is -0.373 e. The molecule has 0 radical (unpaired) electrons. The first-order chi connectivity index (χ1) is 11.8. The molecule has 2 amide bonds. The summed E-state index contributed by atoms with van der Waals surface area (Å²) in [6.45, 7) is 3.59. The van der Waals surface area contributed by atoms with Crippen LogP contribution in [0.1, 0.15) is 6.42 Å². The lowest BCUT2D eigenvalue weighted by atomic mass is 9.65. The number of hydrogen-bond donors (Lipinski definition) is 0. The highest BCUT2D eigenvalue weighted by molar-refractivity contribution is 6.51. The Morgan fingerprint density at radius 1 is 1.12 bits per heavy atom. The first-order valence-electron chi connectivity index (χ1n) is 7.98. The quantitative estimate of drug-likeness (QED) is 0.397. The second kappa shape index (κ2) is 4.94. The Hall–Kier alpha value is -0.300. The van der Waals surface area contributed by atoms with Crippen molar-refractivity contribution in [2.75, 3.05) is 6.61 Å². The molecule has 0 spiro atoms. The van der Waals surface area contributed by atoms with Crippen molar-refractivity contribution in [1.82, 2.24) is 5.06 Å². The minimum atomic E-state index is -0.950. The number of carbonyl (C=O) groups excluding carboxylic acids is 2. The maximum absolute atomic E-state index is 12.7. The topological polar surface area (TPSA) is 55.8 Å². The number of imide groups is 1. The van der Waals surface area contributed by atoms with Crippen molar-refractivity contribution in [3.63, 3.8) is 0 Å². The zero-order valence-corrected chi connectivity index (χ0v) is 15.8. The number of allylic oxidation sites excluding steroid dienone is 2. The van der Waals surface area contributed by atoms with Gasteiger partial charge in [0.15, 0.2) is 0 Å². The van der Waals surface area contributed by atoms with E-state index < -0.39 is 45.6 Å². The summed E-state index contributed by atoms with van der Waals surface area (Å²) < 4.78 is 6.05. The van der Waals surface area contributed by atoms with Gasteiger partial charge in [0.05, 0.1) is 50.5 Å². The Bertz CT molecular complexity index is 717. The van der Waals surface area contributed by atoms with Crippen molar-refractivity contribution >= 4 is 58.2 Å². The predicted molar refractivity (Wildman–Crippen MR) is 91.1 cm³/mol. The number of amides is 2. The Morgan fingerprint density at radius 3 is 2.04 bits per heavy atom. The number of nitrogens with zero attached hydrogens (tertiary/aromatic N) is 1. The Morgan fingerprint density at radius 2 is 1.60 bits per heavy atom. The summed E-state index contributed by atoms with van der Waals surface area (Å²) in [5, 5.41) is 1.49. The van der Waals surface area contributed by atoms with Gasteiger partial charge in [0.1, 0.15) is 0 Å². The fourth-order valence-electron chi connectivity index (χ4n) is 5.52. The van der Waals surface area contributed by atoms with Gasteiger partial charge >= 0.3 is 0 Å². The lowest BCUT2D eigenvalue weighted by molar-refractivity contribution is -0.189. The van der Waals surface area contributed by atoms with Crippen molar-refractivity contribution in [3.05, 3.63) is 22.7 Å². The van der Waals surface area contributed by atoms with E-state index >= 15 is 0 Å². The predicted octanol–water partition coefficient (Wildman–Crippen LogP) is 2.78. The number of hydroxylamine groups is 2. The van der Waals surface area contributed by atoms with Crippen LogP contribution in [0, 0.1) is 23.7 Å². The summed E-state index contributed by atoms with van der Waals surface area (Å²) in [6, 6.07) is 0. The molecule has 4 fully saturated rings. The van der Waals surface area contributed by atoms with Crippen LogP contribution in [0.15, 0.2) is 22.7 Å². The highest BCUT2D eigenvalue weighted by Crippen LogP contribution is 2.75. The molecule has 9 heteroatoms. The van der Waals surface area contributed by atoms with Gasteiger partial charge in [-0.05, 0) is 6.42 Å². The standard InChI is InChI=1S/C16H13Cl4NO4/c1-2-3-24-21-13(22)5-6(14(21)23)10-8-7(9(5)25-10)15(19)4-16(8,20)12(18)11(15)17/h2,5-10H,1,3-4H2/t5-,6-,7+,8+,9+,10+,15+,16+/m1/s1. The van der Waals surface area contributed by atoms with Crippen molar-refractivity contribution in [3.8, 4) is 0 Å². The monoisotopic (exact) mass is 423 g/mol. The third kappa shape index (κ3) is 1.67. The van der Waals surface area contributed by atoms with Gasteiger partial charge in [-0.3, -0.25) is 14.4 Å². The maximum atomic E-state index is 12.7. The highest BCUT2D eigenvalue weighted by atomic mass is 35.5. The van der Waals surface area contributed by atoms with Crippen molar-refractivity contribution in [2.24, 2.45) is 23.7 Å². The second-order valence-electron chi connectivity index (χ2n) is 7.25. The smallest absolute Gasteiger partial charge is 0.260 e. The molecular weight excluding hydrogens is 412 g/mol. The van der Waals surface area contributed by atoms with E-state index in [4.69, 9.17) is 56.0 Å². The van der Waals surface area contributed by atoms with Crippen molar-refractivity contribution < 1.29 is 19.2 Å². The summed E-state index contributed by atoms with van der Waals surface area (Å²) >= 11 is 26.4. The first-order valence-corrected chi connectivity index (χ1v) is 9.49. The Balaban J connectivity index is 1.57. The molecule has 134 valence electrons. The van der Waals surface area contributed by atoms with Crippen LogP contribution in [0.3, 0.4) is 0 Å². The van der Waals surface area contributed by atoms with E-state index in [1.807, 2.05) is 0 Å². The molecule has 3 saturated heterocycles. The van der Waals surface area contributed by atoms with E-state index in [0.717, 1.165) is 5.06 Å².